The number of nitrogens with one attached hydrogen (secondary N) is 1. The molecular formula is C15H14F2N2O2. The van der Waals surface area contributed by atoms with Crippen LogP contribution in [0.2, 0.25) is 0 Å². The van der Waals surface area contributed by atoms with Gasteiger partial charge in [0.05, 0.1) is 0 Å². The number of benzene rings is 2. The largest absolute Gasteiger partial charge is 0.378 e. The highest BCUT2D eigenvalue weighted by atomic mass is 19.1. The molecule has 0 saturated heterocycles. The Bertz CT molecular complexity index is 624. The van der Waals surface area contributed by atoms with E-state index in [2.05, 4.69) is 5.32 Å². The van der Waals surface area contributed by atoms with Crippen LogP contribution in [0.5, 0.6) is 0 Å². The van der Waals surface area contributed by atoms with Crippen molar-refractivity contribution in [2.24, 2.45) is 5.73 Å². The third-order valence-corrected chi connectivity index (χ3v) is 2.91. The van der Waals surface area contributed by atoms with Crippen LogP contribution in [-0.4, -0.2) is 11.0 Å². The molecule has 2 aromatic carbocycles. The first-order valence-electron chi connectivity index (χ1n) is 6.23. The van der Waals surface area contributed by atoms with Gasteiger partial charge in [-0.3, -0.25) is 4.79 Å². The van der Waals surface area contributed by atoms with Gasteiger partial charge in [0.15, 0.2) is 6.10 Å². The van der Waals surface area contributed by atoms with Crippen LogP contribution in [0.15, 0.2) is 42.5 Å². The van der Waals surface area contributed by atoms with E-state index in [4.69, 9.17) is 5.73 Å². The molecule has 0 aromatic heterocycles. The Morgan fingerprint density at radius 3 is 2.24 bits per heavy atom. The van der Waals surface area contributed by atoms with Crippen LogP contribution in [0.3, 0.4) is 0 Å². The number of aliphatic hydroxyl groups is 1. The lowest BCUT2D eigenvalue weighted by Crippen LogP contribution is -2.21. The molecule has 4 N–H and O–H groups in total. The van der Waals surface area contributed by atoms with E-state index < -0.39 is 23.6 Å². The monoisotopic (exact) mass is 292 g/mol. The maximum Gasteiger partial charge on any atom is 0.257 e. The van der Waals surface area contributed by atoms with E-state index in [1.54, 1.807) is 24.3 Å². The fourth-order valence-electron chi connectivity index (χ4n) is 1.82. The van der Waals surface area contributed by atoms with E-state index in [0.29, 0.717) is 18.3 Å². The molecule has 1 amide bonds. The Hall–Kier alpha value is -2.31. The van der Waals surface area contributed by atoms with Gasteiger partial charge in [0.25, 0.3) is 5.91 Å². The van der Waals surface area contributed by atoms with Crippen LogP contribution in [0.4, 0.5) is 14.5 Å². The summed E-state index contributed by atoms with van der Waals surface area (Å²) < 4.78 is 26.1. The zero-order valence-electron chi connectivity index (χ0n) is 11.0. The lowest BCUT2D eigenvalue weighted by atomic mass is 10.1. The molecule has 0 saturated carbocycles. The molecule has 110 valence electrons. The zero-order valence-corrected chi connectivity index (χ0v) is 11.0. The number of aliphatic hydroxyl groups excluding tert-OH is 1. The van der Waals surface area contributed by atoms with Gasteiger partial charge in [-0.2, -0.15) is 0 Å². The maximum absolute atomic E-state index is 13.1. The summed E-state index contributed by atoms with van der Waals surface area (Å²) in [4.78, 5) is 11.9. The van der Waals surface area contributed by atoms with E-state index in [1.165, 1.54) is 0 Å². The number of halogens is 2. The Morgan fingerprint density at radius 2 is 1.71 bits per heavy atom. The third-order valence-electron chi connectivity index (χ3n) is 2.91. The second-order valence-corrected chi connectivity index (χ2v) is 4.50. The van der Waals surface area contributed by atoms with Crippen molar-refractivity contribution in [3.63, 3.8) is 0 Å². The topological polar surface area (TPSA) is 75.3 Å². The number of rotatable bonds is 4. The molecule has 0 aliphatic heterocycles. The molecule has 0 spiro atoms. The summed E-state index contributed by atoms with van der Waals surface area (Å²) in [5.41, 5.74) is 6.65. The van der Waals surface area contributed by atoms with E-state index in [-0.39, 0.29) is 5.56 Å². The molecule has 0 radical (unpaired) electrons. The average Bonchev–Trinajstić information content (AvgIpc) is 2.46. The highest BCUT2D eigenvalue weighted by molar-refractivity contribution is 5.94. The quantitative estimate of drug-likeness (QED) is 0.807. The Balaban J connectivity index is 2.11. The summed E-state index contributed by atoms with van der Waals surface area (Å²) in [6.45, 7) is 0.374. The summed E-state index contributed by atoms with van der Waals surface area (Å²) in [6.07, 6.45) is -1.66. The Morgan fingerprint density at radius 1 is 1.14 bits per heavy atom. The number of amides is 1. The molecule has 0 aliphatic rings. The molecular weight excluding hydrogens is 278 g/mol. The molecule has 4 nitrogen and oxygen atoms in total. The summed E-state index contributed by atoms with van der Waals surface area (Å²) >= 11 is 0. The second kappa shape index (κ2) is 6.43. The van der Waals surface area contributed by atoms with Crippen molar-refractivity contribution < 1.29 is 18.7 Å². The van der Waals surface area contributed by atoms with Crippen molar-refractivity contribution in [1.82, 2.24) is 0 Å². The third kappa shape index (κ3) is 3.84. The molecule has 6 heteroatoms. The predicted molar refractivity (Wildman–Crippen MR) is 74.3 cm³/mol. The van der Waals surface area contributed by atoms with Crippen LogP contribution in [0.25, 0.3) is 0 Å². The zero-order chi connectivity index (χ0) is 15.4. The molecule has 1 unspecified atom stereocenters. The number of carbonyl (C=O) groups excluding carboxylic acids is 1. The Labute approximate surface area is 120 Å². The first-order chi connectivity index (χ1) is 9.99. The SMILES string of the molecule is NCc1ccc(NC(=O)C(O)c2cc(F)cc(F)c2)cc1. The Kier molecular flexibility index (Phi) is 4.62. The van der Waals surface area contributed by atoms with Gasteiger partial charge < -0.3 is 16.2 Å². The number of hydrogen-bond acceptors (Lipinski definition) is 3. The van der Waals surface area contributed by atoms with Gasteiger partial charge in [-0.25, -0.2) is 8.78 Å². The first kappa shape index (κ1) is 15.1. The van der Waals surface area contributed by atoms with Crippen LogP contribution < -0.4 is 11.1 Å². The van der Waals surface area contributed by atoms with Gasteiger partial charge in [0, 0.05) is 18.3 Å². The van der Waals surface area contributed by atoms with E-state index in [9.17, 15) is 18.7 Å². The number of nitrogens with two attached hydrogens (primary N) is 1. The van der Waals surface area contributed by atoms with Crippen molar-refractivity contribution in [2.75, 3.05) is 5.32 Å². The van der Waals surface area contributed by atoms with Crippen LogP contribution in [0.1, 0.15) is 17.2 Å². The summed E-state index contributed by atoms with van der Waals surface area (Å²) in [5, 5.41) is 12.3. The van der Waals surface area contributed by atoms with Crippen molar-refractivity contribution in [3.8, 4) is 0 Å². The molecule has 0 aliphatic carbocycles. The molecule has 2 rings (SSSR count). The lowest BCUT2D eigenvalue weighted by Gasteiger charge is -2.12. The average molecular weight is 292 g/mol. The summed E-state index contributed by atoms with van der Waals surface area (Å²) in [5.74, 6) is -2.49. The second-order valence-electron chi connectivity index (χ2n) is 4.50. The van der Waals surface area contributed by atoms with Crippen LogP contribution in [-0.2, 0) is 11.3 Å². The fraction of sp³-hybridized carbons (Fsp3) is 0.133. The summed E-state index contributed by atoms with van der Waals surface area (Å²) in [6, 6.07) is 9.18. The van der Waals surface area contributed by atoms with Gasteiger partial charge in [-0.1, -0.05) is 12.1 Å². The number of hydrogen-bond donors (Lipinski definition) is 3. The van der Waals surface area contributed by atoms with Crippen molar-refractivity contribution >= 4 is 11.6 Å². The summed E-state index contributed by atoms with van der Waals surface area (Å²) in [7, 11) is 0. The van der Waals surface area contributed by atoms with E-state index in [1.807, 2.05) is 0 Å². The molecule has 2 aromatic rings. The van der Waals surface area contributed by atoms with Crippen molar-refractivity contribution in [1.29, 1.82) is 0 Å². The lowest BCUT2D eigenvalue weighted by molar-refractivity contribution is -0.124. The molecule has 0 bridgehead atoms. The van der Waals surface area contributed by atoms with Crippen molar-refractivity contribution in [3.05, 3.63) is 65.2 Å². The van der Waals surface area contributed by atoms with Gasteiger partial charge >= 0.3 is 0 Å². The fourth-order valence-corrected chi connectivity index (χ4v) is 1.82. The minimum atomic E-state index is -1.66. The molecule has 1 atom stereocenters. The van der Waals surface area contributed by atoms with Crippen LogP contribution >= 0.6 is 0 Å². The number of carbonyl (C=O) groups is 1. The number of anilines is 1. The van der Waals surface area contributed by atoms with Gasteiger partial charge in [-0.15, -0.1) is 0 Å². The van der Waals surface area contributed by atoms with E-state index in [0.717, 1.165) is 17.7 Å². The normalized spacial score (nSPS) is 12.0. The minimum Gasteiger partial charge on any atom is -0.378 e. The van der Waals surface area contributed by atoms with Gasteiger partial charge in [-0.05, 0) is 35.4 Å². The predicted octanol–water partition coefficient (Wildman–Crippen LogP) is 2.10. The highest BCUT2D eigenvalue weighted by Crippen LogP contribution is 2.18. The van der Waals surface area contributed by atoms with E-state index >= 15 is 0 Å². The molecule has 0 heterocycles. The smallest absolute Gasteiger partial charge is 0.257 e. The standard InChI is InChI=1S/C15H14F2N2O2/c16-11-5-10(6-12(17)7-11)14(20)15(21)19-13-3-1-9(8-18)2-4-13/h1-7,14,20H,8,18H2,(H,19,21). The molecule has 0 fully saturated rings. The van der Waals surface area contributed by atoms with Crippen molar-refractivity contribution in [2.45, 2.75) is 12.6 Å². The maximum atomic E-state index is 13.1. The van der Waals surface area contributed by atoms with Gasteiger partial charge in [0.2, 0.25) is 0 Å². The molecule has 21 heavy (non-hydrogen) atoms. The van der Waals surface area contributed by atoms with Crippen LogP contribution in [0, 0.1) is 11.6 Å². The van der Waals surface area contributed by atoms with Gasteiger partial charge in [0.1, 0.15) is 11.6 Å². The first-order valence-corrected chi connectivity index (χ1v) is 6.23. The highest BCUT2D eigenvalue weighted by Gasteiger charge is 2.19. The minimum absolute atomic E-state index is 0.149.